The normalized spacial score (nSPS) is 17.4. The molecule has 0 bridgehead atoms. The summed E-state index contributed by atoms with van der Waals surface area (Å²) in [6, 6.07) is 5.37. The number of nitrogens with zero attached hydrogens (tertiary/aromatic N) is 3. The monoisotopic (exact) mass is 669 g/mol. The Kier molecular flexibility index (Phi) is 3.18. The van der Waals surface area contributed by atoms with Gasteiger partial charge in [-0.25, -0.2) is 0 Å². The van der Waals surface area contributed by atoms with Gasteiger partial charge in [0.1, 0.15) is 0 Å². The largest absolute Gasteiger partial charge is 0.309 e. The number of hydrogen-bond acceptors (Lipinski definition) is 0. The van der Waals surface area contributed by atoms with E-state index in [1.165, 1.54) is 22.8 Å². The zero-order valence-corrected chi connectivity index (χ0v) is 26.2. The van der Waals surface area contributed by atoms with E-state index in [0.717, 1.165) is 15.3 Å². The molecule has 0 aliphatic carbocycles. The third kappa shape index (κ3) is 4.12. The molecule has 0 N–H and O–H groups in total. The minimum absolute atomic E-state index is 0.0755. The van der Waals surface area contributed by atoms with E-state index >= 15 is 0 Å². The summed E-state index contributed by atoms with van der Waals surface area (Å²) in [6.07, 6.45) is 0. The maximum Gasteiger partial charge on any atom is 0.0652 e. The molecule has 0 amide bonds. The molecule has 3 heteroatoms. The fourth-order valence-electron chi connectivity index (χ4n) is 7.11. The molecule has 3 nitrogen and oxygen atoms in total. The highest BCUT2D eigenvalue weighted by Gasteiger charge is 2.19. The van der Waals surface area contributed by atoms with E-state index in [1.54, 1.807) is 28.8 Å². The van der Waals surface area contributed by atoms with Crippen LogP contribution in [0.2, 0.25) is 0 Å². The first-order chi connectivity index (χ1) is 33.6. The minimum Gasteiger partial charge on any atom is -0.309 e. The van der Waals surface area contributed by atoms with Crippen LogP contribution in [0.3, 0.4) is 0 Å². The molecule has 8 aromatic carbocycles. The van der Waals surface area contributed by atoms with Gasteiger partial charge < -0.3 is 13.7 Å². The van der Waals surface area contributed by atoms with Crippen LogP contribution in [0.5, 0.6) is 0 Å². The molecule has 0 saturated carbocycles. The Morgan fingerprint density at radius 2 is 0.765 bits per heavy atom. The molecule has 0 atom stereocenters. The van der Waals surface area contributed by atoms with E-state index in [9.17, 15) is 9.60 Å². The Morgan fingerprint density at radius 3 is 1.33 bits per heavy atom. The van der Waals surface area contributed by atoms with Crippen LogP contribution in [0.25, 0.3) is 93.6 Å². The summed E-state index contributed by atoms with van der Waals surface area (Å²) in [5.74, 6) is 0. The lowest BCUT2D eigenvalue weighted by molar-refractivity contribution is 1.13. The standard InChI is InChI=1S/C48H31N3/c1-2-14-32(15-3-1)33-28-35(50-45-23-11-6-18-39(45)40-19-7-12-24-46(40)50)30-36(29-33)51-47-25-13-8-20-41(47)42-31-34(26-27-48(42)51)49-43-21-9-4-16-37(43)38-17-5-10-22-44(38)49/h1-31H/i1D,2D,3D,6D,7D,8D,11D,12D,13D,14D,15D,18D,19D,20D,23D,24D,25D,26D,27D,31D. The molecule has 51 heavy (non-hydrogen) atoms. The molecule has 238 valence electrons. The van der Waals surface area contributed by atoms with Crippen molar-refractivity contribution in [2.24, 2.45) is 0 Å². The Hall–Kier alpha value is -6.84. The highest BCUT2D eigenvalue weighted by Crippen LogP contribution is 2.39. The number of benzene rings is 8. The van der Waals surface area contributed by atoms with Crippen molar-refractivity contribution in [3.05, 3.63) is 188 Å². The second-order valence-corrected chi connectivity index (χ2v) is 11.9. The fraction of sp³-hybridized carbons (Fsp3) is 0. The predicted molar refractivity (Wildman–Crippen MR) is 215 cm³/mol. The number of hydrogen-bond donors (Lipinski definition) is 0. The van der Waals surface area contributed by atoms with Crippen LogP contribution in [0.15, 0.2) is 188 Å². The smallest absolute Gasteiger partial charge is 0.0652 e. The summed E-state index contributed by atoms with van der Waals surface area (Å²) in [4.78, 5) is 0. The van der Waals surface area contributed by atoms with Crippen LogP contribution in [0.1, 0.15) is 27.4 Å². The van der Waals surface area contributed by atoms with Crippen LogP contribution in [0, 0.1) is 0 Å². The molecule has 0 fully saturated rings. The zero-order chi connectivity index (χ0) is 50.9. The second-order valence-electron chi connectivity index (χ2n) is 11.9. The predicted octanol–water partition coefficient (Wildman–Crippen LogP) is 12.6. The molecule has 3 heterocycles. The second kappa shape index (κ2) is 10.8. The number of aromatic nitrogens is 3. The zero-order valence-electron chi connectivity index (χ0n) is 46.2. The van der Waals surface area contributed by atoms with Crippen molar-refractivity contribution in [2.45, 2.75) is 0 Å². The Morgan fingerprint density at radius 1 is 0.314 bits per heavy atom. The van der Waals surface area contributed by atoms with Gasteiger partial charge in [-0.2, -0.15) is 0 Å². The molecule has 0 aliphatic heterocycles. The number of fused-ring (bicyclic) bond motifs is 9. The highest BCUT2D eigenvalue weighted by molar-refractivity contribution is 6.13. The molecule has 0 spiro atoms. The van der Waals surface area contributed by atoms with E-state index in [0.29, 0.717) is 11.0 Å². The van der Waals surface area contributed by atoms with Crippen molar-refractivity contribution in [3.63, 3.8) is 0 Å². The van der Waals surface area contributed by atoms with Crippen molar-refractivity contribution < 1.29 is 27.4 Å². The van der Waals surface area contributed by atoms with Crippen LogP contribution in [-0.2, 0) is 0 Å². The summed E-state index contributed by atoms with van der Waals surface area (Å²) in [5.41, 5.74) is -1.03. The number of para-hydroxylation sites is 5. The summed E-state index contributed by atoms with van der Waals surface area (Å²) >= 11 is 0. The van der Waals surface area contributed by atoms with Gasteiger partial charge in [0.2, 0.25) is 0 Å². The molecule has 0 aliphatic rings. The molecule has 0 saturated heterocycles. The van der Waals surface area contributed by atoms with Gasteiger partial charge in [-0.1, -0.05) is 121 Å². The lowest BCUT2D eigenvalue weighted by Gasteiger charge is -2.16. The van der Waals surface area contributed by atoms with Gasteiger partial charge in [0.15, 0.2) is 0 Å². The summed E-state index contributed by atoms with van der Waals surface area (Å²) in [7, 11) is 0. The van der Waals surface area contributed by atoms with Crippen molar-refractivity contribution in [2.75, 3.05) is 0 Å². The van der Waals surface area contributed by atoms with Crippen molar-refractivity contribution >= 4 is 65.4 Å². The average Bonchev–Trinajstić information content (AvgIpc) is 4.03. The van der Waals surface area contributed by atoms with Gasteiger partial charge >= 0.3 is 0 Å². The molecule has 11 rings (SSSR count). The van der Waals surface area contributed by atoms with Crippen molar-refractivity contribution in [3.8, 4) is 28.2 Å². The van der Waals surface area contributed by atoms with Gasteiger partial charge in [-0.15, -0.1) is 0 Å². The van der Waals surface area contributed by atoms with Gasteiger partial charge in [0.25, 0.3) is 0 Å². The van der Waals surface area contributed by atoms with E-state index in [2.05, 4.69) is 0 Å². The maximum absolute atomic E-state index is 10.0. The van der Waals surface area contributed by atoms with Gasteiger partial charge in [-0.3, -0.25) is 0 Å². The molecule has 0 radical (unpaired) electrons. The SMILES string of the molecule is [2H]c1c([2H])c([2H])c(-c2cc(-n3c4c([2H])c([2H])c([2H])c([2H])c4c4c([2H])c([2H])c([2H])c([2H])c43)cc(-n3c4c([2H])c([2H])c([2H])c([2H])c4c4c([2H])c(-n5c6ccccc6c6ccccc65)c([2H])c([2H])c43)c2)c([2H])c1[2H]. The molecular formula is C48H31N3. The fourth-order valence-corrected chi connectivity index (χ4v) is 7.11. The molecule has 0 unspecified atom stereocenters. The third-order valence-electron chi connectivity index (χ3n) is 9.19. The van der Waals surface area contributed by atoms with Crippen LogP contribution >= 0.6 is 0 Å². The van der Waals surface area contributed by atoms with Crippen molar-refractivity contribution in [1.29, 1.82) is 0 Å². The van der Waals surface area contributed by atoms with E-state index in [1.807, 2.05) is 24.3 Å². The van der Waals surface area contributed by atoms with Gasteiger partial charge in [-0.05, 0) is 77.7 Å². The third-order valence-corrected chi connectivity index (χ3v) is 9.19. The highest BCUT2D eigenvalue weighted by atomic mass is 15.0. The quantitative estimate of drug-likeness (QED) is 0.177. The first-order valence-corrected chi connectivity index (χ1v) is 15.9. The summed E-state index contributed by atoms with van der Waals surface area (Å²) in [6.45, 7) is 0. The Labute approximate surface area is 322 Å². The number of rotatable bonds is 4. The van der Waals surface area contributed by atoms with Crippen LogP contribution < -0.4 is 0 Å². The first-order valence-electron chi connectivity index (χ1n) is 25.9. The van der Waals surface area contributed by atoms with E-state index in [4.69, 9.17) is 17.8 Å². The molecule has 11 aromatic rings. The van der Waals surface area contributed by atoms with Crippen LogP contribution in [0.4, 0.5) is 0 Å². The maximum atomic E-state index is 10.0. The summed E-state index contributed by atoms with van der Waals surface area (Å²) < 4.78 is 185. The average molecular weight is 670 g/mol. The lowest BCUT2D eigenvalue weighted by atomic mass is 10.0. The Balaban J connectivity index is 1.39. The first kappa shape index (κ1) is 15.0. The van der Waals surface area contributed by atoms with E-state index < -0.39 is 126 Å². The van der Waals surface area contributed by atoms with Gasteiger partial charge in [0.05, 0.1) is 60.5 Å². The molecule has 3 aromatic heterocycles. The minimum atomic E-state index is -0.734. The lowest BCUT2D eigenvalue weighted by Crippen LogP contribution is -2.00. The Bertz CT molecular complexity index is 4140. The van der Waals surface area contributed by atoms with Crippen molar-refractivity contribution in [1.82, 2.24) is 13.7 Å². The van der Waals surface area contributed by atoms with E-state index in [-0.39, 0.29) is 66.2 Å². The topological polar surface area (TPSA) is 14.8 Å². The van der Waals surface area contributed by atoms with Crippen LogP contribution in [-0.4, -0.2) is 13.7 Å². The summed E-state index contributed by atoms with van der Waals surface area (Å²) in [5, 5.41) is 0.579. The van der Waals surface area contributed by atoms with Gasteiger partial charge in [0, 0.05) is 49.4 Å². The molecular weight excluding hydrogens is 619 g/mol.